The first-order valence-corrected chi connectivity index (χ1v) is 11.4. The number of rotatable bonds is 18. The van der Waals surface area contributed by atoms with E-state index in [1.54, 1.807) is 0 Å². The average molecular weight is 419 g/mol. The van der Waals surface area contributed by atoms with E-state index in [1.165, 1.54) is 77.0 Å². The van der Waals surface area contributed by atoms with E-state index in [4.69, 9.17) is 0 Å². The molecule has 152 valence electrons. The Bertz CT molecular complexity index is 418. The number of hydrogen-bond donors (Lipinski definition) is 0. The van der Waals surface area contributed by atoms with E-state index in [-0.39, 0.29) is 59.2 Å². The zero-order valence-corrected chi connectivity index (χ0v) is 21.2. The van der Waals surface area contributed by atoms with Crippen LogP contribution in [-0.2, 0) is 23.6 Å². The summed E-state index contributed by atoms with van der Waals surface area (Å²) in [5.41, 5.74) is 0. The molecule has 0 aliphatic rings. The van der Waals surface area contributed by atoms with Gasteiger partial charge in [0.2, 0.25) is 0 Å². The topological polar surface area (TPSA) is 69.7 Å². The summed E-state index contributed by atoms with van der Waals surface area (Å²) in [4.78, 5) is 11.3. The van der Waals surface area contributed by atoms with Crippen molar-refractivity contribution in [1.82, 2.24) is 0 Å². The molecular formula is C19H39KO5S. The van der Waals surface area contributed by atoms with E-state index in [9.17, 15) is 13.2 Å². The molecule has 0 radical (unpaired) electrons. The second-order valence-electron chi connectivity index (χ2n) is 6.73. The van der Waals surface area contributed by atoms with Crippen molar-refractivity contribution in [1.29, 1.82) is 0 Å². The summed E-state index contributed by atoms with van der Waals surface area (Å²) in [6, 6.07) is 0. The van der Waals surface area contributed by atoms with Crippen LogP contribution in [0.5, 0.6) is 0 Å². The fourth-order valence-electron chi connectivity index (χ4n) is 2.83. The largest absolute Gasteiger partial charge is 1.00 e. The van der Waals surface area contributed by atoms with Crippen molar-refractivity contribution in [3.63, 3.8) is 0 Å². The molecule has 0 aromatic rings. The van der Waals surface area contributed by atoms with Crippen LogP contribution in [0.25, 0.3) is 0 Å². The van der Waals surface area contributed by atoms with E-state index >= 15 is 0 Å². The monoisotopic (exact) mass is 418 g/mol. The molecule has 0 saturated heterocycles. The molecule has 0 fully saturated rings. The summed E-state index contributed by atoms with van der Waals surface area (Å²) < 4.78 is 30.1. The van der Waals surface area contributed by atoms with Gasteiger partial charge in [-0.2, -0.15) is 8.42 Å². The van der Waals surface area contributed by atoms with Gasteiger partial charge in [-0.1, -0.05) is 96.8 Å². The van der Waals surface area contributed by atoms with Crippen molar-refractivity contribution < 1.29 is 74.4 Å². The van der Waals surface area contributed by atoms with Crippen molar-refractivity contribution in [3.8, 4) is 0 Å². The summed E-state index contributed by atoms with van der Waals surface area (Å²) in [7, 11) is -3.17. The second-order valence-corrected chi connectivity index (χ2v) is 8.05. The fraction of sp³-hybridized carbons (Fsp3) is 0.947. The molecule has 0 spiro atoms. The zero-order chi connectivity index (χ0) is 18.8. The van der Waals surface area contributed by atoms with Crippen molar-refractivity contribution in [2.45, 2.75) is 110 Å². The number of unbranched alkanes of at least 4 members (excludes halogenated alkanes) is 14. The molecule has 0 atom stereocenters. The van der Waals surface area contributed by atoms with Crippen molar-refractivity contribution in [2.75, 3.05) is 7.11 Å². The zero-order valence-electron chi connectivity index (χ0n) is 18.3. The van der Waals surface area contributed by atoms with Gasteiger partial charge >= 0.3 is 67.8 Å². The molecule has 0 aliphatic carbocycles. The third-order valence-corrected chi connectivity index (χ3v) is 5.18. The first-order valence-electron chi connectivity index (χ1n) is 10.0. The van der Waals surface area contributed by atoms with Crippen LogP contribution in [-0.4, -0.2) is 21.5 Å². The average Bonchev–Trinajstić information content (AvgIpc) is 2.58. The molecule has 0 N–H and O–H groups in total. The Morgan fingerprint density at radius 2 is 1.08 bits per heavy atom. The summed E-state index contributed by atoms with van der Waals surface area (Å²) in [5, 5.41) is 0. The Labute approximate surface area is 205 Å². The Morgan fingerprint density at radius 1 is 0.731 bits per heavy atom. The predicted molar refractivity (Wildman–Crippen MR) is 103 cm³/mol. The van der Waals surface area contributed by atoms with Gasteiger partial charge in [0.25, 0.3) is 0 Å². The van der Waals surface area contributed by atoms with Gasteiger partial charge in [0, 0.05) is 6.42 Å². The molecule has 0 saturated carbocycles. The van der Waals surface area contributed by atoms with E-state index < -0.39 is 16.4 Å². The molecule has 5 nitrogen and oxygen atoms in total. The number of carbonyl (C=O) groups excluding carboxylic acids is 1. The molecule has 26 heavy (non-hydrogen) atoms. The van der Waals surface area contributed by atoms with E-state index in [0.717, 1.165) is 20.0 Å². The molecule has 0 bridgehead atoms. The fourth-order valence-corrected chi connectivity index (χ4v) is 3.21. The van der Waals surface area contributed by atoms with Crippen LogP contribution in [0.4, 0.5) is 0 Å². The Hall–Kier alpha value is 1.02. The maximum atomic E-state index is 11.3. The molecule has 0 aromatic heterocycles. The van der Waals surface area contributed by atoms with Gasteiger partial charge in [-0.3, -0.25) is 4.79 Å². The van der Waals surface area contributed by atoms with Gasteiger partial charge in [-0.05, 0) is 6.42 Å². The van der Waals surface area contributed by atoms with Crippen LogP contribution in [0.3, 0.4) is 0 Å². The molecule has 0 heterocycles. The normalized spacial score (nSPS) is 11.2. The summed E-state index contributed by atoms with van der Waals surface area (Å²) in [5.74, 6) is -0.739. The summed E-state index contributed by atoms with van der Waals surface area (Å²) >= 11 is 0. The quantitative estimate of drug-likeness (QED) is 0.253. The molecule has 0 amide bonds. The molecular weight excluding hydrogens is 379 g/mol. The minimum absolute atomic E-state index is 0. The molecule has 0 unspecified atom stereocenters. The minimum Gasteiger partial charge on any atom is -1.00 e. The van der Waals surface area contributed by atoms with Crippen LogP contribution in [0.2, 0.25) is 0 Å². The Morgan fingerprint density at radius 3 is 1.42 bits per heavy atom. The maximum absolute atomic E-state index is 11.3. The van der Waals surface area contributed by atoms with Gasteiger partial charge in [0.05, 0.1) is 7.11 Å². The van der Waals surface area contributed by atoms with Crippen LogP contribution < -0.4 is 51.4 Å². The molecule has 0 aliphatic heterocycles. The van der Waals surface area contributed by atoms with Gasteiger partial charge in [-0.15, -0.1) is 0 Å². The van der Waals surface area contributed by atoms with Gasteiger partial charge < -0.3 is 5.61 Å². The Balaban J connectivity index is -0.00000288. The SMILES string of the molecule is CCCCCCCCCCCCCCCCCC(=O)OS(=O)(=O)OC.[H-].[K+]. The maximum Gasteiger partial charge on any atom is 1.00 e. The van der Waals surface area contributed by atoms with Gasteiger partial charge in [0.15, 0.2) is 0 Å². The summed E-state index contributed by atoms with van der Waals surface area (Å²) in [6.07, 6.45) is 18.9. The van der Waals surface area contributed by atoms with Crippen LogP contribution in [0.15, 0.2) is 0 Å². The molecule has 7 heteroatoms. The van der Waals surface area contributed by atoms with Gasteiger partial charge in [-0.25, -0.2) is 4.18 Å². The Kier molecular flexibility index (Phi) is 23.3. The van der Waals surface area contributed by atoms with Crippen LogP contribution in [0.1, 0.15) is 111 Å². The van der Waals surface area contributed by atoms with E-state index in [0.29, 0.717) is 6.42 Å². The first kappa shape index (κ1) is 29.2. The third-order valence-electron chi connectivity index (χ3n) is 4.38. The predicted octanol–water partition coefficient (Wildman–Crippen LogP) is 2.80. The molecule has 0 rings (SSSR count). The molecule has 0 aromatic carbocycles. The second kappa shape index (κ2) is 20.7. The van der Waals surface area contributed by atoms with E-state index in [2.05, 4.69) is 15.3 Å². The summed E-state index contributed by atoms with van der Waals surface area (Å²) in [6.45, 7) is 2.25. The van der Waals surface area contributed by atoms with E-state index in [1.807, 2.05) is 0 Å². The van der Waals surface area contributed by atoms with Gasteiger partial charge in [0.1, 0.15) is 0 Å². The van der Waals surface area contributed by atoms with Crippen molar-refractivity contribution in [3.05, 3.63) is 0 Å². The first-order chi connectivity index (χ1) is 12.0. The smallest absolute Gasteiger partial charge is 1.00 e. The number of hydrogen-bond acceptors (Lipinski definition) is 5. The third kappa shape index (κ3) is 21.3. The minimum atomic E-state index is -4.14. The number of carbonyl (C=O) groups is 1. The van der Waals surface area contributed by atoms with Crippen LogP contribution in [0, 0.1) is 0 Å². The van der Waals surface area contributed by atoms with Crippen molar-refractivity contribution >= 4 is 16.4 Å². The van der Waals surface area contributed by atoms with Crippen LogP contribution >= 0.6 is 0 Å². The van der Waals surface area contributed by atoms with Crippen molar-refractivity contribution in [2.24, 2.45) is 0 Å². The standard InChI is InChI=1S/C19H38O5S.K.H/c1-3-4-5-6-7-8-9-10-11-12-13-14-15-16-17-18-19(20)24-25(21,22)23-2;;/h3-18H2,1-2H3;;/q;+1;-1.